The number of ether oxygens (including phenoxy) is 4. The number of hydrogen-bond donors (Lipinski definition) is 7. The molecule has 0 aromatic carbocycles. The first-order chi connectivity index (χ1) is 20.7. The molecule has 254 valence electrons. The van der Waals surface area contributed by atoms with Gasteiger partial charge in [-0.25, -0.2) is 0 Å². The number of aliphatic hydroxyl groups excluding tert-OH is 7. The Morgan fingerprint density at radius 1 is 0.581 bits per heavy atom. The van der Waals surface area contributed by atoms with E-state index >= 15 is 0 Å². The van der Waals surface area contributed by atoms with Crippen LogP contribution in [0.4, 0.5) is 0 Å². The number of rotatable bonds is 22. The van der Waals surface area contributed by atoms with E-state index in [-0.39, 0.29) is 6.42 Å². The van der Waals surface area contributed by atoms with Crippen LogP contribution in [-0.4, -0.2) is 123 Å². The fraction of sp³-hybridized carbons (Fsp3) is 0.968. The topological polar surface area (TPSA) is 196 Å². The van der Waals surface area contributed by atoms with Crippen LogP contribution in [0.25, 0.3) is 0 Å². The molecule has 0 radical (unpaired) electrons. The van der Waals surface area contributed by atoms with Gasteiger partial charge in [0.1, 0.15) is 42.7 Å². The van der Waals surface area contributed by atoms with Crippen molar-refractivity contribution in [3.63, 3.8) is 0 Å². The summed E-state index contributed by atoms with van der Waals surface area (Å²) in [6.07, 6.45) is 3.99. The van der Waals surface area contributed by atoms with Gasteiger partial charge in [-0.3, -0.25) is 4.79 Å². The van der Waals surface area contributed by atoms with Crippen molar-refractivity contribution in [2.24, 2.45) is 0 Å². The van der Waals surface area contributed by atoms with Crippen molar-refractivity contribution in [1.82, 2.24) is 0 Å². The Balaban J connectivity index is 1.60. The predicted octanol–water partition coefficient (Wildman–Crippen LogP) is 1.46. The minimum atomic E-state index is -1.67. The van der Waals surface area contributed by atoms with Gasteiger partial charge in [0, 0.05) is 13.0 Å². The Hall–Kier alpha value is -0.930. The summed E-state index contributed by atoms with van der Waals surface area (Å²) in [5.41, 5.74) is 0. The smallest absolute Gasteiger partial charge is 0.306 e. The second kappa shape index (κ2) is 21.7. The third-order valence-corrected chi connectivity index (χ3v) is 8.52. The zero-order chi connectivity index (χ0) is 31.6. The van der Waals surface area contributed by atoms with E-state index < -0.39 is 80.4 Å². The Kier molecular flexibility index (Phi) is 19.3. The van der Waals surface area contributed by atoms with E-state index in [0.717, 1.165) is 32.1 Å². The lowest BCUT2D eigenvalue weighted by Gasteiger charge is -2.46. The van der Waals surface area contributed by atoms with Crippen LogP contribution < -0.4 is 0 Å². The van der Waals surface area contributed by atoms with Gasteiger partial charge in [-0.1, -0.05) is 83.5 Å². The minimum absolute atomic E-state index is 0.143. The molecule has 7 N–H and O–H groups in total. The molecule has 0 saturated carbocycles. The minimum Gasteiger partial charge on any atom is -0.457 e. The molecule has 43 heavy (non-hydrogen) atoms. The average molecular weight is 623 g/mol. The van der Waals surface area contributed by atoms with Crippen molar-refractivity contribution >= 4 is 5.97 Å². The molecule has 0 aliphatic carbocycles. The molecule has 0 spiro atoms. The summed E-state index contributed by atoms with van der Waals surface area (Å²) in [5.74, 6) is -0.561. The lowest BCUT2D eigenvalue weighted by Crippen LogP contribution is -2.64. The summed E-state index contributed by atoms with van der Waals surface area (Å²) < 4.78 is 22.1. The molecule has 12 heteroatoms. The van der Waals surface area contributed by atoms with E-state index in [1.807, 2.05) is 0 Å². The van der Waals surface area contributed by atoms with Crippen molar-refractivity contribution in [2.45, 2.75) is 171 Å². The molecule has 2 aliphatic rings. The average Bonchev–Trinajstić information content (AvgIpc) is 3.00. The highest BCUT2D eigenvalue weighted by Crippen LogP contribution is 2.30. The van der Waals surface area contributed by atoms with E-state index in [4.69, 9.17) is 24.1 Å². The highest BCUT2D eigenvalue weighted by Gasteiger charge is 2.50. The highest BCUT2D eigenvalue weighted by molar-refractivity contribution is 5.69. The van der Waals surface area contributed by atoms with E-state index in [1.165, 1.54) is 57.8 Å². The quantitative estimate of drug-likeness (QED) is 0.0679. The summed E-state index contributed by atoms with van der Waals surface area (Å²) >= 11 is 0. The maximum atomic E-state index is 12.5. The molecule has 2 aliphatic heterocycles. The Morgan fingerprint density at radius 2 is 1.05 bits per heavy atom. The number of hydrogen-bond acceptors (Lipinski definition) is 12. The largest absolute Gasteiger partial charge is 0.457 e. The number of esters is 1. The standard InChI is InChI=1S/C31H58O12/c1-21-29(26(37)25(36)22(19-33)40-21)43-31-28(39)27(38)30(23(20-34)41-31)42-24(35)17-15-13-11-9-7-5-3-2-4-6-8-10-12-14-16-18-32/h21-23,25-34,36-39H,2-20H2,1H3/t21?,22?,23?,25-,26?,27?,28+,29-,30-,31+/m1/s1. The second-order valence-electron chi connectivity index (χ2n) is 12.1. The Labute approximate surface area is 256 Å². The van der Waals surface area contributed by atoms with Gasteiger partial charge in [-0.15, -0.1) is 0 Å². The van der Waals surface area contributed by atoms with Gasteiger partial charge in [0.25, 0.3) is 0 Å². The van der Waals surface area contributed by atoms with Crippen molar-refractivity contribution in [3.8, 4) is 0 Å². The molecule has 2 fully saturated rings. The second-order valence-corrected chi connectivity index (χ2v) is 12.1. The summed E-state index contributed by atoms with van der Waals surface area (Å²) in [5, 5.41) is 69.8. The SMILES string of the molecule is CC1OC(CO)[C@@H](O)C(O)[C@@H]1O[C@@H]1OC(CO)[C@@H](OC(=O)CCCCCCCCCCCCCCCCCO)C(O)[C@@H]1O. The zero-order valence-electron chi connectivity index (χ0n) is 25.9. The molecule has 12 nitrogen and oxygen atoms in total. The lowest BCUT2D eigenvalue weighted by molar-refractivity contribution is -0.340. The normalized spacial score (nSPS) is 33.0. The van der Waals surface area contributed by atoms with Crippen LogP contribution in [0.2, 0.25) is 0 Å². The monoisotopic (exact) mass is 622 g/mol. The van der Waals surface area contributed by atoms with Crippen LogP contribution in [0.5, 0.6) is 0 Å². The Bertz CT molecular complexity index is 725. The third kappa shape index (κ3) is 13.1. The van der Waals surface area contributed by atoms with E-state index in [0.29, 0.717) is 13.0 Å². The molecule has 2 heterocycles. The third-order valence-electron chi connectivity index (χ3n) is 8.52. The van der Waals surface area contributed by atoms with Crippen LogP contribution in [0, 0.1) is 0 Å². The first-order valence-corrected chi connectivity index (χ1v) is 16.5. The van der Waals surface area contributed by atoms with Crippen LogP contribution in [0.15, 0.2) is 0 Å². The summed E-state index contributed by atoms with van der Waals surface area (Å²) in [4.78, 5) is 12.5. The summed E-state index contributed by atoms with van der Waals surface area (Å²) in [6.45, 7) is 0.722. The maximum Gasteiger partial charge on any atom is 0.306 e. The highest BCUT2D eigenvalue weighted by atomic mass is 16.7. The molecular formula is C31H58O12. The summed E-state index contributed by atoms with van der Waals surface area (Å²) in [7, 11) is 0. The van der Waals surface area contributed by atoms with Gasteiger partial charge in [0.2, 0.25) is 0 Å². The molecule has 2 saturated heterocycles. The van der Waals surface area contributed by atoms with Gasteiger partial charge in [0.05, 0.1) is 19.3 Å². The number of unbranched alkanes of at least 4 members (excludes halogenated alkanes) is 14. The first-order valence-electron chi connectivity index (χ1n) is 16.5. The van der Waals surface area contributed by atoms with E-state index in [9.17, 15) is 35.4 Å². The molecule has 10 atom stereocenters. The van der Waals surface area contributed by atoms with Gasteiger partial charge in [-0.2, -0.15) is 0 Å². The van der Waals surface area contributed by atoms with Crippen LogP contribution in [-0.2, 0) is 23.7 Å². The van der Waals surface area contributed by atoms with Gasteiger partial charge < -0.3 is 54.7 Å². The number of carbonyl (C=O) groups excluding carboxylic acids is 1. The van der Waals surface area contributed by atoms with Crippen molar-refractivity contribution in [3.05, 3.63) is 0 Å². The fourth-order valence-corrected chi connectivity index (χ4v) is 5.82. The fourth-order valence-electron chi connectivity index (χ4n) is 5.82. The van der Waals surface area contributed by atoms with Gasteiger partial charge in [-0.05, 0) is 19.8 Å². The van der Waals surface area contributed by atoms with Gasteiger partial charge in [0.15, 0.2) is 12.4 Å². The summed E-state index contributed by atoms with van der Waals surface area (Å²) in [6, 6.07) is 0. The van der Waals surface area contributed by atoms with Gasteiger partial charge >= 0.3 is 5.97 Å². The molecule has 2 rings (SSSR count). The molecule has 5 unspecified atom stereocenters. The van der Waals surface area contributed by atoms with E-state index in [1.54, 1.807) is 6.92 Å². The molecule has 0 bridgehead atoms. The lowest BCUT2D eigenvalue weighted by atomic mass is 9.95. The zero-order valence-corrected chi connectivity index (χ0v) is 25.9. The maximum absolute atomic E-state index is 12.5. The van der Waals surface area contributed by atoms with E-state index in [2.05, 4.69) is 0 Å². The molecule has 0 amide bonds. The number of carbonyl (C=O) groups is 1. The molecular weight excluding hydrogens is 564 g/mol. The van der Waals surface area contributed by atoms with Crippen LogP contribution >= 0.6 is 0 Å². The predicted molar refractivity (Wildman–Crippen MR) is 157 cm³/mol. The van der Waals surface area contributed by atoms with Crippen molar-refractivity contribution in [1.29, 1.82) is 0 Å². The Morgan fingerprint density at radius 3 is 1.53 bits per heavy atom. The van der Waals surface area contributed by atoms with Crippen molar-refractivity contribution < 1.29 is 59.5 Å². The molecule has 0 aromatic heterocycles. The number of aliphatic hydroxyl groups is 7. The van der Waals surface area contributed by atoms with Crippen LogP contribution in [0.1, 0.15) is 110 Å². The molecule has 0 aromatic rings. The van der Waals surface area contributed by atoms with Crippen molar-refractivity contribution in [2.75, 3.05) is 19.8 Å². The van der Waals surface area contributed by atoms with Crippen LogP contribution in [0.3, 0.4) is 0 Å². The first kappa shape index (κ1) is 38.3.